The Morgan fingerprint density at radius 1 is 1.38 bits per heavy atom. The van der Waals surface area contributed by atoms with Gasteiger partial charge in [0.2, 0.25) is 0 Å². The molecule has 2 rings (SSSR count). The van der Waals surface area contributed by atoms with Gasteiger partial charge in [0, 0.05) is 31.3 Å². The molecule has 1 fully saturated rings. The number of aliphatic hydroxyl groups excluding tert-OH is 1. The van der Waals surface area contributed by atoms with E-state index in [1.54, 1.807) is 7.11 Å². The fourth-order valence-corrected chi connectivity index (χ4v) is 2.97. The molecule has 1 aromatic carbocycles. The van der Waals surface area contributed by atoms with Gasteiger partial charge >= 0.3 is 0 Å². The number of methoxy groups -OCH3 is 1. The molecule has 0 heterocycles. The third kappa shape index (κ3) is 5.26. The van der Waals surface area contributed by atoms with E-state index < -0.39 is 6.10 Å². The van der Waals surface area contributed by atoms with Crippen molar-refractivity contribution in [2.24, 2.45) is 5.92 Å². The summed E-state index contributed by atoms with van der Waals surface area (Å²) in [5.74, 6) is 0.824. The van der Waals surface area contributed by atoms with Crippen molar-refractivity contribution in [3.05, 3.63) is 34.9 Å². The first-order chi connectivity index (χ1) is 10.1. The van der Waals surface area contributed by atoms with Crippen LogP contribution in [0.2, 0.25) is 5.02 Å². The van der Waals surface area contributed by atoms with Crippen LogP contribution in [0.5, 0.6) is 0 Å². The van der Waals surface area contributed by atoms with Crippen LogP contribution in [-0.2, 0) is 4.74 Å². The summed E-state index contributed by atoms with van der Waals surface area (Å²) in [4.78, 5) is 2.44. The third-order valence-electron chi connectivity index (χ3n) is 4.39. The fourth-order valence-electron chi connectivity index (χ4n) is 2.77. The number of rotatable bonds is 9. The Balaban J connectivity index is 1.87. The lowest BCUT2D eigenvalue weighted by Gasteiger charge is -2.29. The molecular weight excluding hydrogens is 286 g/mol. The summed E-state index contributed by atoms with van der Waals surface area (Å²) in [6.45, 7) is 4.84. The van der Waals surface area contributed by atoms with E-state index in [9.17, 15) is 5.11 Å². The molecule has 1 aliphatic carbocycles. The van der Waals surface area contributed by atoms with Gasteiger partial charge in [0.1, 0.15) is 0 Å². The molecule has 0 bridgehead atoms. The predicted octanol–water partition coefficient (Wildman–Crippen LogP) is 3.51. The number of nitrogens with zero attached hydrogens (tertiary/aromatic N) is 1. The van der Waals surface area contributed by atoms with Gasteiger partial charge in [-0.15, -0.1) is 0 Å². The summed E-state index contributed by atoms with van der Waals surface area (Å²) in [7, 11) is 1.74. The molecule has 4 heteroatoms. The van der Waals surface area contributed by atoms with Crippen molar-refractivity contribution >= 4 is 11.6 Å². The van der Waals surface area contributed by atoms with Crippen molar-refractivity contribution in [3.8, 4) is 0 Å². The molecular formula is C17H26ClNO2. The quantitative estimate of drug-likeness (QED) is 0.757. The molecule has 0 radical (unpaired) electrons. The highest BCUT2D eigenvalue weighted by Gasteiger charge is 2.31. The molecule has 1 aliphatic rings. The molecule has 1 N–H and O–H groups in total. The second-order valence-electron chi connectivity index (χ2n) is 5.97. The van der Waals surface area contributed by atoms with E-state index in [-0.39, 0.29) is 0 Å². The molecule has 21 heavy (non-hydrogen) atoms. The Morgan fingerprint density at radius 2 is 2.14 bits per heavy atom. The van der Waals surface area contributed by atoms with E-state index in [4.69, 9.17) is 16.3 Å². The lowest BCUT2D eigenvalue weighted by molar-refractivity contribution is 0.0917. The van der Waals surface area contributed by atoms with Crippen LogP contribution in [0.15, 0.2) is 24.3 Å². The summed E-state index contributed by atoms with van der Waals surface area (Å²) in [6.07, 6.45) is 2.93. The second-order valence-corrected chi connectivity index (χ2v) is 6.40. The van der Waals surface area contributed by atoms with Gasteiger partial charge in [0.15, 0.2) is 0 Å². The zero-order valence-corrected chi connectivity index (χ0v) is 13.7. The highest BCUT2D eigenvalue weighted by atomic mass is 35.5. The summed E-state index contributed by atoms with van der Waals surface area (Å²) in [5.41, 5.74) is 0.897. The average molecular weight is 312 g/mol. The van der Waals surface area contributed by atoms with Crippen molar-refractivity contribution in [1.29, 1.82) is 0 Å². The molecule has 2 atom stereocenters. The van der Waals surface area contributed by atoms with Gasteiger partial charge < -0.3 is 9.84 Å². The van der Waals surface area contributed by atoms with E-state index >= 15 is 0 Å². The predicted molar refractivity (Wildman–Crippen MR) is 86.7 cm³/mol. The fraction of sp³-hybridized carbons (Fsp3) is 0.647. The Kier molecular flexibility index (Phi) is 6.49. The molecule has 3 nitrogen and oxygen atoms in total. The van der Waals surface area contributed by atoms with Gasteiger partial charge in [-0.3, -0.25) is 4.90 Å². The van der Waals surface area contributed by atoms with Gasteiger partial charge in [-0.2, -0.15) is 0 Å². The maximum absolute atomic E-state index is 10.3. The van der Waals surface area contributed by atoms with Crippen LogP contribution in [0.4, 0.5) is 0 Å². The lowest BCUT2D eigenvalue weighted by atomic mass is 10.1. The van der Waals surface area contributed by atoms with Crippen LogP contribution in [0.1, 0.15) is 37.9 Å². The van der Waals surface area contributed by atoms with Crippen molar-refractivity contribution in [2.45, 2.75) is 38.3 Å². The minimum Gasteiger partial charge on any atom is -0.388 e. The maximum atomic E-state index is 10.3. The number of aliphatic hydroxyl groups is 1. The van der Waals surface area contributed by atoms with Crippen LogP contribution in [0, 0.1) is 5.92 Å². The van der Waals surface area contributed by atoms with Crippen LogP contribution in [0.3, 0.4) is 0 Å². The van der Waals surface area contributed by atoms with Crippen LogP contribution < -0.4 is 0 Å². The van der Waals surface area contributed by atoms with E-state index in [0.717, 1.165) is 37.6 Å². The number of halogens is 1. The summed E-state index contributed by atoms with van der Waals surface area (Å²) in [6, 6.07) is 8.07. The number of benzene rings is 1. The topological polar surface area (TPSA) is 32.7 Å². The largest absolute Gasteiger partial charge is 0.388 e. The van der Waals surface area contributed by atoms with Gasteiger partial charge in [-0.05, 0) is 49.8 Å². The summed E-state index contributed by atoms with van der Waals surface area (Å²) in [5, 5.41) is 11.0. The molecule has 1 saturated carbocycles. The summed E-state index contributed by atoms with van der Waals surface area (Å²) < 4.78 is 5.21. The van der Waals surface area contributed by atoms with Crippen molar-refractivity contribution in [2.75, 3.05) is 26.8 Å². The molecule has 0 aromatic heterocycles. The van der Waals surface area contributed by atoms with E-state index in [2.05, 4.69) is 11.8 Å². The van der Waals surface area contributed by atoms with Crippen molar-refractivity contribution in [1.82, 2.24) is 4.90 Å². The smallest absolute Gasteiger partial charge is 0.0802 e. The van der Waals surface area contributed by atoms with E-state index in [1.807, 2.05) is 24.3 Å². The zero-order valence-electron chi connectivity index (χ0n) is 13.0. The summed E-state index contributed by atoms with van der Waals surface area (Å²) >= 11 is 5.98. The first kappa shape index (κ1) is 16.8. The van der Waals surface area contributed by atoms with E-state index in [0.29, 0.717) is 11.1 Å². The minimum atomic E-state index is -0.458. The van der Waals surface area contributed by atoms with Gasteiger partial charge in [0.05, 0.1) is 12.7 Å². The van der Waals surface area contributed by atoms with E-state index in [1.165, 1.54) is 12.8 Å². The SMILES string of the molecule is COCCN(CCC(O)c1cccc(Cl)c1)C(C)C1CC1. The van der Waals surface area contributed by atoms with Crippen LogP contribution in [0.25, 0.3) is 0 Å². The molecule has 0 aliphatic heterocycles. The third-order valence-corrected chi connectivity index (χ3v) is 4.62. The van der Waals surface area contributed by atoms with Crippen molar-refractivity contribution < 1.29 is 9.84 Å². The first-order valence-electron chi connectivity index (χ1n) is 7.78. The van der Waals surface area contributed by atoms with Gasteiger partial charge in [-0.1, -0.05) is 23.7 Å². The monoisotopic (exact) mass is 311 g/mol. The second kappa shape index (κ2) is 8.14. The Bertz CT molecular complexity index is 437. The highest BCUT2D eigenvalue weighted by Crippen LogP contribution is 2.35. The van der Waals surface area contributed by atoms with Gasteiger partial charge in [-0.25, -0.2) is 0 Å². The average Bonchev–Trinajstić information content (AvgIpc) is 3.31. The van der Waals surface area contributed by atoms with Crippen LogP contribution >= 0.6 is 11.6 Å². The zero-order chi connectivity index (χ0) is 15.2. The number of hydrogen-bond acceptors (Lipinski definition) is 3. The molecule has 118 valence electrons. The normalized spacial score (nSPS) is 18.0. The Morgan fingerprint density at radius 3 is 2.76 bits per heavy atom. The molecule has 2 unspecified atom stereocenters. The standard InChI is InChI=1S/C17H26ClNO2/c1-13(14-6-7-14)19(10-11-21-2)9-8-17(20)15-4-3-5-16(18)12-15/h3-5,12-14,17,20H,6-11H2,1-2H3. The number of ether oxygens (including phenoxy) is 1. The Labute approximate surface area is 132 Å². The first-order valence-corrected chi connectivity index (χ1v) is 8.16. The number of hydrogen-bond donors (Lipinski definition) is 1. The van der Waals surface area contributed by atoms with Crippen molar-refractivity contribution in [3.63, 3.8) is 0 Å². The van der Waals surface area contributed by atoms with Gasteiger partial charge in [0.25, 0.3) is 0 Å². The van der Waals surface area contributed by atoms with Crippen LogP contribution in [-0.4, -0.2) is 42.9 Å². The molecule has 1 aromatic rings. The highest BCUT2D eigenvalue weighted by molar-refractivity contribution is 6.30. The Hall–Kier alpha value is -0.610. The maximum Gasteiger partial charge on any atom is 0.0802 e. The molecule has 0 spiro atoms. The molecule has 0 saturated heterocycles. The minimum absolute atomic E-state index is 0.458. The molecule has 0 amide bonds. The lowest BCUT2D eigenvalue weighted by Crippen LogP contribution is -2.38.